The van der Waals surface area contributed by atoms with E-state index in [1.165, 1.54) is 0 Å². The Labute approximate surface area is 172 Å². The number of benzene rings is 1. The fourth-order valence-corrected chi connectivity index (χ4v) is 2.26. The zero-order valence-electron chi connectivity index (χ0n) is 15.3. The van der Waals surface area contributed by atoms with E-state index in [0.717, 1.165) is 29.7 Å². The van der Waals surface area contributed by atoms with Crippen LogP contribution in [0.25, 0.3) is 0 Å². The molecule has 0 saturated carbocycles. The number of nitrogens with zero attached hydrogens (tertiary/aromatic N) is 2. The molecule has 0 bridgehead atoms. The number of ether oxygens (including phenoxy) is 2. The molecule has 1 aromatic heterocycles. The maximum absolute atomic E-state index is 6.03. The highest BCUT2D eigenvalue weighted by Crippen LogP contribution is 2.17. The highest BCUT2D eigenvalue weighted by atomic mass is 127. The number of aliphatic imine (C=N–C) groups is 1. The van der Waals surface area contributed by atoms with Gasteiger partial charge in [0.15, 0.2) is 5.96 Å². The minimum absolute atomic E-state index is 0. The highest BCUT2D eigenvalue weighted by Gasteiger charge is 2.06. The molecule has 0 unspecified atom stereocenters. The lowest BCUT2D eigenvalue weighted by Gasteiger charge is -2.11. The van der Waals surface area contributed by atoms with Crippen LogP contribution in [0.2, 0.25) is 0 Å². The summed E-state index contributed by atoms with van der Waals surface area (Å²) < 4.78 is 10.9. The van der Waals surface area contributed by atoms with Crippen LogP contribution in [0.4, 0.5) is 5.69 Å². The summed E-state index contributed by atoms with van der Waals surface area (Å²) in [7, 11) is 1.66. The standard InChI is InChI=1S/C19H26N4O2.HI/c1-3-4-12-25-18-15(9-7-11-21-18)13-22-19(20)23-17-10-6-5-8-16(17)14-24-2;/h5-11H,3-4,12-14H2,1-2H3,(H3,20,22,23);1H. The minimum atomic E-state index is 0. The van der Waals surface area contributed by atoms with Crippen LogP contribution in [0.1, 0.15) is 30.9 Å². The van der Waals surface area contributed by atoms with E-state index in [0.29, 0.717) is 31.6 Å². The SMILES string of the molecule is CCCCOc1ncccc1CN=C(N)Nc1ccccc1COC.I. The van der Waals surface area contributed by atoms with Crippen molar-refractivity contribution in [3.63, 3.8) is 0 Å². The predicted molar refractivity (Wildman–Crippen MR) is 116 cm³/mol. The van der Waals surface area contributed by atoms with E-state index in [-0.39, 0.29) is 24.0 Å². The van der Waals surface area contributed by atoms with Gasteiger partial charge in [-0.2, -0.15) is 0 Å². The molecule has 2 aromatic rings. The van der Waals surface area contributed by atoms with Gasteiger partial charge in [0, 0.05) is 30.1 Å². The summed E-state index contributed by atoms with van der Waals surface area (Å²) >= 11 is 0. The van der Waals surface area contributed by atoms with Gasteiger partial charge in [-0.3, -0.25) is 0 Å². The first-order valence-corrected chi connectivity index (χ1v) is 8.45. The topological polar surface area (TPSA) is 81.8 Å². The quantitative estimate of drug-likeness (QED) is 0.251. The number of para-hydroxylation sites is 1. The summed E-state index contributed by atoms with van der Waals surface area (Å²) in [6.07, 6.45) is 3.80. The molecule has 0 radical (unpaired) electrons. The number of pyridine rings is 1. The summed E-state index contributed by atoms with van der Waals surface area (Å²) in [6, 6.07) is 11.6. The van der Waals surface area contributed by atoms with Crippen molar-refractivity contribution in [2.24, 2.45) is 10.7 Å². The molecular weight excluding hydrogens is 443 g/mol. The molecule has 26 heavy (non-hydrogen) atoms. The van der Waals surface area contributed by atoms with Gasteiger partial charge in [0.25, 0.3) is 0 Å². The number of rotatable bonds is 9. The van der Waals surface area contributed by atoms with Crippen LogP contribution in [0.5, 0.6) is 5.88 Å². The number of unbranched alkanes of at least 4 members (excludes halogenated alkanes) is 1. The third-order valence-corrected chi connectivity index (χ3v) is 3.59. The Kier molecular flexibility index (Phi) is 10.6. The second-order valence-corrected chi connectivity index (χ2v) is 5.59. The molecule has 0 aliphatic rings. The molecule has 0 saturated heterocycles. The van der Waals surface area contributed by atoms with E-state index in [1.54, 1.807) is 13.3 Å². The number of anilines is 1. The van der Waals surface area contributed by atoms with Crippen molar-refractivity contribution in [1.82, 2.24) is 4.98 Å². The number of hydrogen-bond donors (Lipinski definition) is 2. The molecular formula is C19H27IN4O2. The number of halogens is 1. The van der Waals surface area contributed by atoms with Crippen LogP contribution in [-0.2, 0) is 17.9 Å². The van der Waals surface area contributed by atoms with Crippen molar-refractivity contribution >= 4 is 35.6 Å². The molecule has 1 aromatic carbocycles. The van der Waals surface area contributed by atoms with Gasteiger partial charge in [0.1, 0.15) is 0 Å². The largest absolute Gasteiger partial charge is 0.477 e. The first-order valence-electron chi connectivity index (χ1n) is 8.45. The molecule has 6 nitrogen and oxygen atoms in total. The Morgan fingerprint density at radius 3 is 2.73 bits per heavy atom. The number of methoxy groups -OCH3 is 1. The van der Waals surface area contributed by atoms with Gasteiger partial charge in [-0.15, -0.1) is 24.0 Å². The molecule has 2 rings (SSSR count). The van der Waals surface area contributed by atoms with E-state index >= 15 is 0 Å². The van der Waals surface area contributed by atoms with Crippen molar-refractivity contribution in [3.8, 4) is 5.88 Å². The fraction of sp³-hybridized carbons (Fsp3) is 0.368. The normalized spacial score (nSPS) is 10.9. The second kappa shape index (κ2) is 12.5. The number of nitrogens with two attached hydrogens (primary N) is 1. The zero-order chi connectivity index (χ0) is 17.9. The number of hydrogen-bond acceptors (Lipinski definition) is 4. The van der Waals surface area contributed by atoms with Crippen molar-refractivity contribution in [2.75, 3.05) is 19.0 Å². The number of nitrogens with one attached hydrogen (secondary N) is 1. The molecule has 0 amide bonds. The summed E-state index contributed by atoms with van der Waals surface area (Å²) in [5.41, 5.74) is 8.84. The van der Waals surface area contributed by atoms with Gasteiger partial charge in [-0.1, -0.05) is 37.6 Å². The maximum Gasteiger partial charge on any atom is 0.218 e. The molecule has 3 N–H and O–H groups in total. The van der Waals surface area contributed by atoms with Gasteiger partial charge in [-0.05, 0) is 18.6 Å². The summed E-state index contributed by atoms with van der Waals surface area (Å²) in [4.78, 5) is 8.68. The lowest BCUT2D eigenvalue weighted by Crippen LogP contribution is -2.23. The number of aromatic nitrogens is 1. The van der Waals surface area contributed by atoms with Gasteiger partial charge in [0.05, 0.1) is 19.8 Å². The minimum Gasteiger partial charge on any atom is -0.477 e. The van der Waals surface area contributed by atoms with Crippen molar-refractivity contribution < 1.29 is 9.47 Å². The average Bonchev–Trinajstić information content (AvgIpc) is 2.63. The summed E-state index contributed by atoms with van der Waals surface area (Å²) in [6.45, 7) is 3.69. The van der Waals surface area contributed by atoms with Gasteiger partial charge in [-0.25, -0.2) is 9.98 Å². The van der Waals surface area contributed by atoms with E-state index in [2.05, 4.69) is 22.2 Å². The fourth-order valence-electron chi connectivity index (χ4n) is 2.26. The van der Waals surface area contributed by atoms with E-state index in [1.807, 2.05) is 36.4 Å². The van der Waals surface area contributed by atoms with Crippen LogP contribution in [0.15, 0.2) is 47.6 Å². The zero-order valence-corrected chi connectivity index (χ0v) is 17.6. The molecule has 0 fully saturated rings. The first-order chi connectivity index (χ1) is 12.2. The molecule has 1 heterocycles. The van der Waals surface area contributed by atoms with Crippen LogP contribution >= 0.6 is 24.0 Å². The van der Waals surface area contributed by atoms with E-state index in [9.17, 15) is 0 Å². The smallest absolute Gasteiger partial charge is 0.218 e. The van der Waals surface area contributed by atoms with Crippen molar-refractivity contribution in [3.05, 3.63) is 53.7 Å². The third kappa shape index (κ3) is 7.17. The monoisotopic (exact) mass is 470 g/mol. The van der Waals surface area contributed by atoms with E-state index in [4.69, 9.17) is 15.2 Å². The second-order valence-electron chi connectivity index (χ2n) is 5.59. The Hall–Kier alpha value is -1.87. The van der Waals surface area contributed by atoms with Crippen molar-refractivity contribution in [2.45, 2.75) is 32.9 Å². The van der Waals surface area contributed by atoms with Crippen LogP contribution in [0, 0.1) is 0 Å². The van der Waals surface area contributed by atoms with Crippen molar-refractivity contribution in [1.29, 1.82) is 0 Å². The van der Waals surface area contributed by atoms with Crippen LogP contribution < -0.4 is 15.8 Å². The Morgan fingerprint density at radius 1 is 1.19 bits per heavy atom. The van der Waals surface area contributed by atoms with Gasteiger partial charge >= 0.3 is 0 Å². The average molecular weight is 470 g/mol. The van der Waals surface area contributed by atoms with Gasteiger partial charge in [0.2, 0.25) is 5.88 Å². The van der Waals surface area contributed by atoms with Crippen LogP contribution in [0.3, 0.4) is 0 Å². The molecule has 0 aliphatic heterocycles. The lowest BCUT2D eigenvalue weighted by molar-refractivity contribution is 0.185. The highest BCUT2D eigenvalue weighted by molar-refractivity contribution is 14.0. The molecule has 0 aliphatic carbocycles. The molecule has 0 spiro atoms. The van der Waals surface area contributed by atoms with Gasteiger partial charge < -0.3 is 20.5 Å². The Balaban J connectivity index is 0.00000338. The van der Waals surface area contributed by atoms with E-state index < -0.39 is 0 Å². The first kappa shape index (κ1) is 22.2. The molecule has 0 atom stereocenters. The third-order valence-electron chi connectivity index (χ3n) is 3.59. The lowest BCUT2D eigenvalue weighted by atomic mass is 10.2. The molecule has 142 valence electrons. The summed E-state index contributed by atoms with van der Waals surface area (Å²) in [5.74, 6) is 0.958. The number of guanidine groups is 1. The Morgan fingerprint density at radius 2 is 1.96 bits per heavy atom. The van der Waals surface area contributed by atoms with Crippen LogP contribution in [-0.4, -0.2) is 24.7 Å². The Bertz CT molecular complexity index is 695. The maximum atomic E-state index is 6.03. The molecule has 7 heteroatoms. The predicted octanol–water partition coefficient (Wildman–Crippen LogP) is 3.95. The summed E-state index contributed by atoms with van der Waals surface area (Å²) in [5, 5.41) is 3.12.